The molecule has 10 nitrogen and oxygen atoms in total. The van der Waals surface area contributed by atoms with Crippen molar-refractivity contribution in [1.29, 1.82) is 5.26 Å². The number of aryl methyl sites for hydroxylation is 1. The Morgan fingerprint density at radius 3 is 2.82 bits per heavy atom. The Labute approximate surface area is 197 Å². The molecule has 2 aromatic heterocycles. The summed E-state index contributed by atoms with van der Waals surface area (Å²) in [5.74, 6) is 0.0752. The molecular weight excluding hydrogens is 444 g/mol. The van der Waals surface area contributed by atoms with Gasteiger partial charge in [-0.2, -0.15) is 9.64 Å². The SMILES string of the molecule is Cc1nsc(NCC#N)c1C(=O)Nc1ccc(OC2CCCN(C(=O)OC(C)(C)C)C2)nc1. The zero-order chi connectivity index (χ0) is 24.0. The highest BCUT2D eigenvalue weighted by atomic mass is 32.1. The van der Waals surface area contributed by atoms with Crippen LogP contribution in [0.2, 0.25) is 0 Å². The summed E-state index contributed by atoms with van der Waals surface area (Å²) in [4.78, 5) is 31.0. The van der Waals surface area contributed by atoms with E-state index in [1.807, 2.05) is 26.8 Å². The Hall–Kier alpha value is -3.39. The number of ether oxygens (including phenoxy) is 2. The van der Waals surface area contributed by atoms with Gasteiger partial charge < -0.3 is 25.0 Å². The maximum atomic E-state index is 12.7. The molecule has 1 aliphatic heterocycles. The molecule has 2 amide bonds. The van der Waals surface area contributed by atoms with Crippen molar-refractivity contribution in [3.63, 3.8) is 0 Å². The minimum Gasteiger partial charge on any atom is -0.472 e. The molecule has 11 heteroatoms. The number of hydrogen-bond donors (Lipinski definition) is 2. The van der Waals surface area contributed by atoms with Crippen molar-refractivity contribution in [3.8, 4) is 11.9 Å². The van der Waals surface area contributed by atoms with Crippen molar-refractivity contribution < 1.29 is 19.1 Å². The van der Waals surface area contributed by atoms with Gasteiger partial charge in [0.05, 0.1) is 35.8 Å². The van der Waals surface area contributed by atoms with Crippen LogP contribution in [0.15, 0.2) is 18.3 Å². The second-order valence-electron chi connectivity index (χ2n) is 8.63. The summed E-state index contributed by atoms with van der Waals surface area (Å²) >= 11 is 1.14. The first kappa shape index (κ1) is 24.3. The van der Waals surface area contributed by atoms with Crippen LogP contribution in [0.5, 0.6) is 5.88 Å². The third-order valence-electron chi connectivity index (χ3n) is 4.73. The molecule has 176 valence electrons. The summed E-state index contributed by atoms with van der Waals surface area (Å²) in [6, 6.07) is 5.36. The van der Waals surface area contributed by atoms with Crippen molar-refractivity contribution in [2.45, 2.75) is 52.2 Å². The summed E-state index contributed by atoms with van der Waals surface area (Å²) in [7, 11) is 0. The van der Waals surface area contributed by atoms with Gasteiger partial charge in [-0.1, -0.05) is 0 Å². The van der Waals surface area contributed by atoms with Gasteiger partial charge in [-0.05, 0) is 58.1 Å². The summed E-state index contributed by atoms with van der Waals surface area (Å²) < 4.78 is 15.6. The van der Waals surface area contributed by atoms with Gasteiger partial charge in [0.1, 0.15) is 23.3 Å². The molecule has 0 spiro atoms. The zero-order valence-electron chi connectivity index (χ0n) is 19.2. The molecule has 0 saturated carbocycles. The molecule has 2 N–H and O–H groups in total. The number of nitriles is 1. The quantitative estimate of drug-likeness (QED) is 0.607. The van der Waals surface area contributed by atoms with E-state index in [-0.39, 0.29) is 24.6 Å². The number of carbonyl (C=O) groups is 2. The molecule has 1 aliphatic rings. The lowest BCUT2D eigenvalue weighted by atomic mass is 10.1. The Kier molecular flexibility index (Phi) is 7.71. The van der Waals surface area contributed by atoms with E-state index in [2.05, 4.69) is 20.0 Å². The summed E-state index contributed by atoms with van der Waals surface area (Å²) in [5.41, 5.74) is 0.942. The monoisotopic (exact) mass is 472 g/mol. The first-order valence-corrected chi connectivity index (χ1v) is 11.4. The van der Waals surface area contributed by atoms with Gasteiger partial charge in [0.15, 0.2) is 0 Å². The number of amides is 2. The maximum absolute atomic E-state index is 12.7. The fourth-order valence-corrected chi connectivity index (χ4v) is 4.08. The predicted molar refractivity (Wildman–Crippen MR) is 125 cm³/mol. The average molecular weight is 473 g/mol. The second kappa shape index (κ2) is 10.5. The lowest BCUT2D eigenvalue weighted by Crippen LogP contribution is -2.46. The smallest absolute Gasteiger partial charge is 0.410 e. The molecule has 2 aromatic rings. The van der Waals surface area contributed by atoms with Crippen molar-refractivity contribution >= 4 is 34.2 Å². The predicted octanol–water partition coefficient (Wildman–Crippen LogP) is 3.81. The molecule has 0 radical (unpaired) electrons. The standard InChI is InChI=1S/C22H28N6O4S/c1-14-18(20(33-27-14)24-10-9-23)19(29)26-15-7-8-17(25-12-15)31-16-6-5-11-28(13-16)21(30)32-22(2,3)4/h7-8,12,16,24H,5-6,10-11,13H2,1-4H3,(H,26,29). The maximum Gasteiger partial charge on any atom is 0.410 e. The van der Waals surface area contributed by atoms with E-state index >= 15 is 0 Å². The molecular formula is C22H28N6O4S. The van der Waals surface area contributed by atoms with Crippen LogP contribution in [0.25, 0.3) is 0 Å². The third kappa shape index (κ3) is 6.79. The lowest BCUT2D eigenvalue weighted by Gasteiger charge is -2.33. The molecule has 3 heterocycles. The van der Waals surface area contributed by atoms with E-state index in [0.29, 0.717) is 40.9 Å². The summed E-state index contributed by atoms with van der Waals surface area (Å²) in [5, 5.41) is 15.0. The van der Waals surface area contributed by atoms with Gasteiger partial charge in [0, 0.05) is 12.6 Å². The highest BCUT2D eigenvalue weighted by Crippen LogP contribution is 2.26. The molecule has 1 fully saturated rings. The molecule has 0 bridgehead atoms. The number of anilines is 2. The van der Waals surface area contributed by atoms with E-state index in [0.717, 1.165) is 24.4 Å². The minimum absolute atomic E-state index is 0.0853. The molecule has 3 rings (SSSR count). The van der Waals surface area contributed by atoms with Crippen LogP contribution >= 0.6 is 11.5 Å². The van der Waals surface area contributed by atoms with Gasteiger partial charge in [0.2, 0.25) is 5.88 Å². The summed E-state index contributed by atoms with van der Waals surface area (Å²) in [6.07, 6.45) is 2.60. The van der Waals surface area contributed by atoms with E-state index in [4.69, 9.17) is 14.7 Å². The van der Waals surface area contributed by atoms with Gasteiger partial charge in [-0.25, -0.2) is 9.78 Å². The van der Waals surface area contributed by atoms with Gasteiger partial charge in [0.25, 0.3) is 5.91 Å². The number of nitrogens with zero attached hydrogens (tertiary/aromatic N) is 4. The normalized spacial score (nSPS) is 16.0. The largest absolute Gasteiger partial charge is 0.472 e. The number of hydrogen-bond acceptors (Lipinski definition) is 9. The van der Waals surface area contributed by atoms with Crippen LogP contribution in [0.3, 0.4) is 0 Å². The number of carbonyl (C=O) groups excluding carboxylic acids is 2. The fraction of sp³-hybridized carbons (Fsp3) is 0.500. The van der Waals surface area contributed by atoms with Gasteiger partial charge >= 0.3 is 6.09 Å². The number of piperidine rings is 1. The van der Waals surface area contributed by atoms with Crippen molar-refractivity contribution in [3.05, 3.63) is 29.6 Å². The van der Waals surface area contributed by atoms with Gasteiger partial charge in [-0.3, -0.25) is 4.79 Å². The van der Waals surface area contributed by atoms with Crippen molar-refractivity contribution in [1.82, 2.24) is 14.3 Å². The van der Waals surface area contributed by atoms with Crippen LogP contribution in [0, 0.1) is 18.3 Å². The highest BCUT2D eigenvalue weighted by Gasteiger charge is 2.28. The van der Waals surface area contributed by atoms with Crippen LogP contribution in [0.1, 0.15) is 49.7 Å². The number of rotatable bonds is 6. The summed E-state index contributed by atoms with van der Waals surface area (Å²) in [6.45, 7) is 8.41. The van der Waals surface area contributed by atoms with E-state index in [1.165, 1.54) is 6.20 Å². The highest BCUT2D eigenvalue weighted by molar-refractivity contribution is 7.10. The van der Waals surface area contributed by atoms with E-state index < -0.39 is 5.60 Å². The first-order valence-electron chi connectivity index (χ1n) is 10.7. The molecule has 1 saturated heterocycles. The average Bonchev–Trinajstić information content (AvgIpc) is 3.13. The number of likely N-dealkylation sites (tertiary alicyclic amines) is 1. The molecule has 0 aliphatic carbocycles. The number of pyridine rings is 1. The Morgan fingerprint density at radius 2 is 2.15 bits per heavy atom. The van der Waals surface area contributed by atoms with Crippen molar-refractivity contribution in [2.24, 2.45) is 0 Å². The van der Waals surface area contributed by atoms with Crippen LogP contribution in [-0.4, -0.2) is 57.6 Å². The topological polar surface area (TPSA) is 129 Å². The Bertz CT molecular complexity index is 1020. The van der Waals surface area contributed by atoms with Crippen molar-refractivity contribution in [2.75, 3.05) is 30.3 Å². The molecule has 1 unspecified atom stereocenters. The number of nitrogens with one attached hydrogen (secondary N) is 2. The van der Waals surface area contributed by atoms with Crippen LogP contribution in [0.4, 0.5) is 15.5 Å². The Morgan fingerprint density at radius 1 is 1.36 bits per heavy atom. The molecule has 33 heavy (non-hydrogen) atoms. The third-order valence-corrected chi connectivity index (χ3v) is 5.63. The molecule has 1 atom stereocenters. The van der Waals surface area contributed by atoms with Crippen LogP contribution < -0.4 is 15.4 Å². The Balaban J connectivity index is 1.57. The lowest BCUT2D eigenvalue weighted by molar-refractivity contribution is 0.00722. The van der Waals surface area contributed by atoms with Crippen LogP contribution in [-0.2, 0) is 4.74 Å². The second-order valence-corrected chi connectivity index (χ2v) is 9.40. The van der Waals surface area contributed by atoms with E-state index in [9.17, 15) is 9.59 Å². The number of aromatic nitrogens is 2. The van der Waals surface area contributed by atoms with Gasteiger partial charge in [-0.15, -0.1) is 0 Å². The first-order chi connectivity index (χ1) is 15.7. The zero-order valence-corrected chi connectivity index (χ0v) is 20.0. The fourth-order valence-electron chi connectivity index (χ4n) is 3.29. The van der Waals surface area contributed by atoms with E-state index in [1.54, 1.807) is 24.0 Å². The minimum atomic E-state index is -0.545. The molecule has 0 aromatic carbocycles.